The number of carbonyl (C=O) groups is 1. The number of nitrogens with two attached hydrogens (primary N) is 1. The first-order valence-electron chi connectivity index (χ1n) is 7.41. The zero-order chi connectivity index (χ0) is 15.8. The van der Waals surface area contributed by atoms with Gasteiger partial charge in [0.15, 0.2) is 0 Å². The molecule has 4 nitrogen and oxygen atoms in total. The van der Waals surface area contributed by atoms with E-state index in [0.717, 1.165) is 16.9 Å². The maximum atomic E-state index is 11.6. The molecule has 0 bridgehead atoms. The van der Waals surface area contributed by atoms with E-state index < -0.39 is 0 Å². The molecule has 1 unspecified atom stereocenters. The standard InChI is InChI=1S/C18H22N2O2.ClH/c1-14(19)10-18(21)20-12-15-6-5-7-16(11-15)13-22-17-8-3-2-4-9-17;/h2-9,11,14H,10,12-13,19H2,1H3,(H,20,21);1H. The van der Waals surface area contributed by atoms with E-state index in [-0.39, 0.29) is 24.4 Å². The number of hydrogen-bond acceptors (Lipinski definition) is 3. The quantitative estimate of drug-likeness (QED) is 0.818. The summed E-state index contributed by atoms with van der Waals surface area (Å²) in [5, 5.41) is 2.87. The summed E-state index contributed by atoms with van der Waals surface area (Å²) in [6, 6.07) is 17.6. The molecule has 1 atom stereocenters. The molecular weight excluding hydrogens is 312 g/mol. The molecule has 3 N–H and O–H groups in total. The lowest BCUT2D eigenvalue weighted by Gasteiger charge is -2.10. The topological polar surface area (TPSA) is 64.4 Å². The highest BCUT2D eigenvalue weighted by molar-refractivity contribution is 5.85. The van der Waals surface area contributed by atoms with Gasteiger partial charge in [0.2, 0.25) is 5.91 Å². The van der Waals surface area contributed by atoms with Gasteiger partial charge in [-0.1, -0.05) is 42.5 Å². The summed E-state index contributed by atoms with van der Waals surface area (Å²) in [5.41, 5.74) is 7.72. The monoisotopic (exact) mass is 334 g/mol. The van der Waals surface area contributed by atoms with Crippen molar-refractivity contribution >= 4 is 18.3 Å². The lowest BCUT2D eigenvalue weighted by atomic mass is 10.1. The van der Waals surface area contributed by atoms with Gasteiger partial charge in [-0.3, -0.25) is 4.79 Å². The fourth-order valence-corrected chi connectivity index (χ4v) is 2.08. The van der Waals surface area contributed by atoms with E-state index in [1.54, 1.807) is 0 Å². The molecule has 0 aliphatic carbocycles. The Morgan fingerprint density at radius 2 is 1.83 bits per heavy atom. The molecule has 0 saturated heterocycles. The van der Waals surface area contributed by atoms with Gasteiger partial charge in [0.25, 0.3) is 0 Å². The molecule has 2 aromatic rings. The number of ether oxygens (including phenoxy) is 1. The number of hydrogen-bond donors (Lipinski definition) is 2. The molecule has 0 aromatic heterocycles. The van der Waals surface area contributed by atoms with Gasteiger partial charge >= 0.3 is 0 Å². The van der Waals surface area contributed by atoms with Crippen molar-refractivity contribution in [2.45, 2.75) is 32.5 Å². The van der Waals surface area contributed by atoms with Crippen molar-refractivity contribution in [1.29, 1.82) is 0 Å². The lowest BCUT2D eigenvalue weighted by Crippen LogP contribution is -2.29. The highest BCUT2D eigenvalue weighted by Gasteiger charge is 2.05. The van der Waals surface area contributed by atoms with Gasteiger partial charge in [0.1, 0.15) is 12.4 Å². The number of nitrogens with one attached hydrogen (secondary N) is 1. The molecule has 0 spiro atoms. The van der Waals surface area contributed by atoms with Gasteiger partial charge in [-0.2, -0.15) is 0 Å². The van der Waals surface area contributed by atoms with Crippen LogP contribution in [0.4, 0.5) is 0 Å². The minimum Gasteiger partial charge on any atom is -0.489 e. The lowest BCUT2D eigenvalue weighted by molar-refractivity contribution is -0.121. The number of benzene rings is 2. The Hall–Kier alpha value is -2.04. The first kappa shape index (κ1) is 19.0. The summed E-state index contributed by atoms with van der Waals surface area (Å²) < 4.78 is 5.72. The van der Waals surface area contributed by atoms with Crippen LogP contribution in [0.15, 0.2) is 54.6 Å². The predicted octanol–water partition coefficient (Wildman–Crippen LogP) is 3.04. The Bertz CT molecular complexity index is 603. The van der Waals surface area contributed by atoms with Crippen molar-refractivity contribution in [3.8, 4) is 5.75 Å². The zero-order valence-electron chi connectivity index (χ0n) is 13.2. The van der Waals surface area contributed by atoms with E-state index in [9.17, 15) is 4.79 Å². The smallest absolute Gasteiger partial charge is 0.221 e. The van der Waals surface area contributed by atoms with Crippen LogP contribution >= 0.6 is 12.4 Å². The Kier molecular flexibility index (Phi) is 8.16. The number of carbonyl (C=O) groups excluding carboxylic acids is 1. The zero-order valence-corrected chi connectivity index (χ0v) is 14.0. The summed E-state index contributed by atoms with van der Waals surface area (Å²) >= 11 is 0. The Morgan fingerprint density at radius 1 is 1.13 bits per heavy atom. The predicted molar refractivity (Wildman–Crippen MR) is 94.6 cm³/mol. The number of amides is 1. The van der Waals surface area contributed by atoms with Crippen molar-refractivity contribution in [2.24, 2.45) is 5.73 Å². The Labute approximate surface area is 143 Å². The molecule has 0 radical (unpaired) electrons. The van der Waals surface area contributed by atoms with E-state index >= 15 is 0 Å². The van der Waals surface area contributed by atoms with Crippen molar-refractivity contribution < 1.29 is 9.53 Å². The van der Waals surface area contributed by atoms with Crippen LogP contribution in [-0.4, -0.2) is 11.9 Å². The molecule has 5 heteroatoms. The van der Waals surface area contributed by atoms with Crippen molar-refractivity contribution in [1.82, 2.24) is 5.32 Å². The van der Waals surface area contributed by atoms with E-state index in [1.807, 2.05) is 61.5 Å². The molecule has 0 saturated carbocycles. The second-order valence-corrected chi connectivity index (χ2v) is 5.38. The van der Waals surface area contributed by atoms with Crippen LogP contribution < -0.4 is 15.8 Å². The van der Waals surface area contributed by atoms with Crippen LogP contribution in [0.5, 0.6) is 5.75 Å². The molecule has 0 aliphatic heterocycles. The molecule has 1 amide bonds. The maximum absolute atomic E-state index is 11.6. The SMILES string of the molecule is CC(N)CC(=O)NCc1cccc(COc2ccccc2)c1.Cl. The molecule has 2 rings (SSSR count). The van der Waals surface area contributed by atoms with Crippen molar-refractivity contribution in [2.75, 3.05) is 0 Å². The highest BCUT2D eigenvalue weighted by atomic mass is 35.5. The van der Waals surface area contributed by atoms with Gasteiger partial charge in [-0.05, 0) is 30.2 Å². The maximum Gasteiger partial charge on any atom is 0.221 e. The van der Waals surface area contributed by atoms with E-state index in [0.29, 0.717) is 19.6 Å². The van der Waals surface area contributed by atoms with Crippen molar-refractivity contribution in [3.63, 3.8) is 0 Å². The van der Waals surface area contributed by atoms with Crippen LogP contribution in [0.25, 0.3) is 0 Å². The van der Waals surface area contributed by atoms with E-state index in [1.165, 1.54) is 0 Å². The normalized spacial score (nSPS) is 11.2. The van der Waals surface area contributed by atoms with Crippen LogP contribution in [0.3, 0.4) is 0 Å². The number of rotatable bonds is 7. The second-order valence-electron chi connectivity index (χ2n) is 5.38. The summed E-state index contributed by atoms with van der Waals surface area (Å²) in [7, 11) is 0. The van der Waals surface area contributed by atoms with Gasteiger partial charge in [-0.25, -0.2) is 0 Å². The first-order chi connectivity index (χ1) is 10.6. The van der Waals surface area contributed by atoms with Crippen LogP contribution in [0.1, 0.15) is 24.5 Å². The number of para-hydroxylation sites is 1. The highest BCUT2D eigenvalue weighted by Crippen LogP contribution is 2.12. The van der Waals surface area contributed by atoms with Gasteiger partial charge in [0.05, 0.1) is 0 Å². The molecule has 2 aromatic carbocycles. The largest absolute Gasteiger partial charge is 0.489 e. The summed E-state index contributed by atoms with van der Waals surface area (Å²) in [6.45, 7) is 2.83. The minimum absolute atomic E-state index is 0. The molecule has 0 fully saturated rings. The van der Waals surface area contributed by atoms with E-state index in [2.05, 4.69) is 5.32 Å². The molecule has 0 heterocycles. The Morgan fingerprint density at radius 3 is 2.52 bits per heavy atom. The molecule has 0 aliphatic rings. The van der Waals surface area contributed by atoms with Gasteiger partial charge in [-0.15, -0.1) is 12.4 Å². The van der Waals surface area contributed by atoms with E-state index in [4.69, 9.17) is 10.5 Å². The summed E-state index contributed by atoms with van der Waals surface area (Å²) in [4.78, 5) is 11.6. The average Bonchev–Trinajstić information content (AvgIpc) is 2.52. The van der Waals surface area contributed by atoms with Gasteiger partial charge < -0.3 is 15.8 Å². The molecular formula is C18H23ClN2O2. The average molecular weight is 335 g/mol. The third kappa shape index (κ3) is 7.17. The van der Waals surface area contributed by atoms with Crippen LogP contribution in [0, 0.1) is 0 Å². The third-order valence-electron chi connectivity index (χ3n) is 3.14. The summed E-state index contributed by atoms with van der Waals surface area (Å²) in [6.07, 6.45) is 0.344. The fourth-order valence-electron chi connectivity index (χ4n) is 2.08. The fraction of sp³-hybridized carbons (Fsp3) is 0.278. The number of halogens is 1. The summed E-state index contributed by atoms with van der Waals surface area (Å²) in [5.74, 6) is 0.819. The first-order valence-corrected chi connectivity index (χ1v) is 7.41. The minimum atomic E-state index is -0.120. The molecule has 124 valence electrons. The second kappa shape index (κ2) is 9.87. The molecule has 23 heavy (non-hydrogen) atoms. The van der Waals surface area contributed by atoms with Crippen LogP contribution in [-0.2, 0) is 17.9 Å². The van der Waals surface area contributed by atoms with Gasteiger partial charge in [0, 0.05) is 19.0 Å². The third-order valence-corrected chi connectivity index (χ3v) is 3.14. The Balaban J connectivity index is 0.00000264. The van der Waals surface area contributed by atoms with Crippen LogP contribution in [0.2, 0.25) is 0 Å². The van der Waals surface area contributed by atoms with Crippen molar-refractivity contribution in [3.05, 3.63) is 65.7 Å².